The van der Waals surface area contributed by atoms with Gasteiger partial charge in [-0.25, -0.2) is 5.43 Å². The SMILES string of the molecule is O=C(CN1CCN(Cc2ccccc2Cl)CC1)NN=Cc1ccccc1Br. The van der Waals surface area contributed by atoms with Crippen molar-refractivity contribution in [3.8, 4) is 0 Å². The van der Waals surface area contributed by atoms with Crippen LogP contribution in [0.4, 0.5) is 0 Å². The molecule has 2 aromatic rings. The van der Waals surface area contributed by atoms with Crippen molar-refractivity contribution in [3.05, 3.63) is 69.2 Å². The molecule has 3 rings (SSSR count). The summed E-state index contributed by atoms with van der Waals surface area (Å²) in [5.74, 6) is -0.0992. The minimum absolute atomic E-state index is 0.0992. The second kappa shape index (κ2) is 9.99. The van der Waals surface area contributed by atoms with Crippen molar-refractivity contribution in [2.24, 2.45) is 5.10 Å². The molecule has 27 heavy (non-hydrogen) atoms. The molecule has 1 aliphatic rings. The zero-order valence-electron chi connectivity index (χ0n) is 14.9. The van der Waals surface area contributed by atoms with Crippen LogP contribution in [0.25, 0.3) is 0 Å². The highest BCUT2D eigenvalue weighted by molar-refractivity contribution is 9.10. The van der Waals surface area contributed by atoms with Gasteiger partial charge in [0.15, 0.2) is 0 Å². The number of hydrazone groups is 1. The maximum Gasteiger partial charge on any atom is 0.254 e. The normalized spacial score (nSPS) is 15.9. The summed E-state index contributed by atoms with van der Waals surface area (Å²) in [6, 6.07) is 15.7. The van der Waals surface area contributed by atoms with Crippen molar-refractivity contribution in [2.45, 2.75) is 6.54 Å². The zero-order chi connectivity index (χ0) is 19.1. The van der Waals surface area contributed by atoms with E-state index < -0.39 is 0 Å². The predicted octanol–water partition coefficient (Wildman–Crippen LogP) is 3.37. The van der Waals surface area contributed by atoms with Crippen molar-refractivity contribution >= 4 is 39.7 Å². The lowest BCUT2D eigenvalue weighted by Gasteiger charge is -2.34. The van der Waals surface area contributed by atoms with Gasteiger partial charge in [0.2, 0.25) is 0 Å². The fourth-order valence-corrected chi connectivity index (χ4v) is 3.55. The molecule has 1 N–H and O–H groups in total. The fraction of sp³-hybridized carbons (Fsp3) is 0.300. The lowest BCUT2D eigenvalue weighted by atomic mass is 10.2. The number of carbonyl (C=O) groups excluding carboxylic acids is 1. The minimum atomic E-state index is -0.0992. The second-order valence-corrected chi connectivity index (χ2v) is 7.72. The summed E-state index contributed by atoms with van der Waals surface area (Å²) in [4.78, 5) is 16.6. The summed E-state index contributed by atoms with van der Waals surface area (Å²) < 4.78 is 0.942. The van der Waals surface area contributed by atoms with Gasteiger partial charge in [-0.15, -0.1) is 0 Å². The van der Waals surface area contributed by atoms with Gasteiger partial charge in [0.25, 0.3) is 5.91 Å². The molecule has 0 spiro atoms. The summed E-state index contributed by atoms with van der Waals surface area (Å²) >= 11 is 9.69. The van der Waals surface area contributed by atoms with E-state index in [9.17, 15) is 4.79 Å². The van der Waals surface area contributed by atoms with Crippen LogP contribution < -0.4 is 5.43 Å². The zero-order valence-corrected chi connectivity index (χ0v) is 17.3. The number of halogens is 2. The predicted molar refractivity (Wildman–Crippen MR) is 113 cm³/mol. The average molecular weight is 450 g/mol. The van der Waals surface area contributed by atoms with E-state index in [1.54, 1.807) is 6.21 Å². The molecule has 2 aromatic carbocycles. The van der Waals surface area contributed by atoms with E-state index >= 15 is 0 Å². The Morgan fingerprint density at radius 2 is 1.74 bits per heavy atom. The van der Waals surface area contributed by atoms with E-state index in [-0.39, 0.29) is 5.91 Å². The van der Waals surface area contributed by atoms with Crippen LogP contribution in [0.15, 0.2) is 58.1 Å². The van der Waals surface area contributed by atoms with E-state index in [0.29, 0.717) is 6.54 Å². The molecule has 5 nitrogen and oxygen atoms in total. The van der Waals surface area contributed by atoms with E-state index in [1.165, 1.54) is 0 Å². The average Bonchev–Trinajstić information content (AvgIpc) is 2.67. The number of carbonyl (C=O) groups is 1. The Balaban J connectivity index is 1.40. The minimum Gasteiger partial charge on any atom is -0.296 e. The number of piperazine rings is 1. The summed E-state index contributed by atoms with van der Waals surface area (Å²) in [6.45, 7) is 4.73. The molecule has 1 fully saturated rings. The summed E-state index contributed by atoms with van der Waals surface area (Å²) in [5, 5.41) is 4.85. The summed E-state index contributed by atoms with van der Waals surface area (Å²) in [7, 11) is 0. The molecule has 142 valence electrons. The van der Waals surface area contributed by atoms with Gasteiger partial charge in [0.1, 0.15) is 0 Å². The molecule has 0 unspecified atom stereocenters. The molecule has 0 aromatic heterocycles. The van der Waals surface area contributed by atoms with Gasteiger partial charge in [-0.3, -0.25) is 14.6 Å². The lowest BCUT2D eigenvalue weighted by molar-refractivity contribution is -0.122. The monoisotopic (exact) mass is 448 g/mol. The maximum absolute atomic E-state index is 12.1. The first-order valence-electron chi connectivity index (χ1n) is 8.86. The van der Waals surface area contributed by atoms with Crippen LogP contribution in [0.5, 0.6) is 0 Å². The molecule has 1 saturated heterocycles. The van der Waals surface area contributed by atoms with E-state index in [0.717, 1.165) is 53.3 Å². The van der Waals surface area contributed by atoms with Gasteiger partial charge >= 0.3 is 0 Å². The van der Waals surface area contributed by atoms with Crippen LogP contribution in [0.1, 0.15) is 11.1 Å². The highest BCUT2D eigenvalue weighted by Gasteiger charge is 2.19. The van der Waals surface area contributed by atoms with Crippen LogP contribution in [-0.2, 0) is 11.3 Å². The Morgan fingerprint density at radius 1 is 1.07 bits per heavy atom. The lowest BCUT2D eigenvalue weighted by Crippen LogP contribution is -2.48. The third-order valence-corrected chi connectivity index (χ3v) is 5.57. The molecule has 1 amide bonds. The quantitative estimate of drug-likeness (QED) is 0.543. The third kappa shape index (κ3) is 6.14. The van der Waals surface area contributed by atoms with Crippen molar-refractivity contribution in [3.63, 3.8) is 0 Å². The number of rotatable bonds is 6. The number of amides is 1. The van der Waals surface area contributed by atoms with Gasteiger partial charge in [-0.2, -0.15) is 5.10 Å². The van der Waals surface area contributed by atoms with E-state index in [4.69, 9.17) is 11.6 Å². The highest BCUT2D eigenvalue weighted by atomic mass is 79.9. The topological polar surface area (TPSA) is 47.9 Å². The van der Waals surface area contributed by atoms with Crippen molar-refractivity contribution in [1.29, 1.82) is 0 Å². The van der Waals surface area contributed by atoms with Gasteiger partial charge in [0, 0.05) is 47.8 Å². The summed E-state index contributed by atoms with van der Waals surface area (Å²) in [6.07, 6.45) is 1.64. The maximum atomic E-state index is 12.1. The highest BCUT2D eigenvalue weighted by Crippen LogP contribution is 2.18. The van der Waals surface area contributed by atoms with E-state index in [2.05, 4.69) is 42.3 Å². The first kappa shape index (κ1) is 20.0. The summed E-state index contributed by atoms with van der Waals surface area (Å²) in [5.41, 5.74) is 4.67. The largest absolute Gasteiger partial charge is 0.296 e. The van der Waals surface area contributed by atoms with Crippen LogP contribution in [0.3, 0.4) is 0 Å². The smallest absolute Gasteiger partial charge is 0.254 e. The Labute approximate surface area is 173 Å². The molecular formula is C20H22BrClN4O. The molecular weight excluding hydrogens is 428 g/mol. The molecule has 7 heteroatoms. The molecule has 0 atom stereocenters. The number of hydrogen-bond donors (Lipinski definition) is 1. The Morgan fingerprint density at radius 3 is 2.48 bits per heavy atom. The Bertz CT molecular complexity index is 806. The number of hydrogen-bond acceptors (Lipinski definition) is 4. The molecule has 1 aliphatic heterocycles. The van der Waals surface area contributed by atoms with E-state index in [1.807, 2.05) is 42.5 Å². The van der Waals surface area contributed by atoms with Crippen LogP contribution in [-0.4, -0.2) is 54.6 Å². The molecule has 0 saturated carbocycles. The second-order valence-electron chi connectivity index (χ2n) is 6.46. The standard InChI is InChI=1S/C20H22BrClN4O/c21-18-7-3-1-5-16(18)13-23-24-20(27)15-26-11-9-25(10-12-26)14-17-6-2-4-8-19(17)22/h1-8,13H,9-12,14-15H2,(H,24,27). The van der Waals surface area contributed by atoms with Gasteiger partial charge in [0.05, 0.1) is 12.8 Å². The molecule has 0 bridgehead atoms. The van der Waals surface area contributed by atoms with Gasteiger partial charge < -0.3 is 0 Å². The first-order valence-corrected chi connectivity index (χ1v) is 10.0. The van der Waals surface area contributed by atoms with Crippen molar-refractivity contribution in [2.75, 3.05) is 32.7 Å². The number of nitrogens with one attached hydrogen (secondary N) is 1. The Kier molecular flexibility index (Phi) is 7.41. The van der Waals surface area contributed by atoms with Crippen LogP contribution in [0, 0.1) is 0 Å². The van der Waals surface area contributed by atoms with Gasteiger partial charge in [-0.1, -0.05) is 63.9 Å². The van der Waals surface area contributed by atoms with Crippen molar-refractivity contribution in [1.82, 2.24) is 15.2 Å². The fourth-order valence-electron chi connectivity index (χ4n) is 2.97. The molecule has 1 heterocycles. The third-order valence-electron chi connectivity index (χ3n) is 4.48. The molecule has 0 radical (unpaired) electrons. The molecule has 0 aliphatic carbocycles. The Hall–Kier alpha value is -1.73. The number of nitrogens with zero attached hydrogens (tertiary/aromatic N) is 3. The van der Waals surface area contributed by atoms with Crippen molar-refractivity contribution < 1.29 is 4.79 Å². The van der Waals surface area contributed by atoms with Gasteiger partial charge in [-0.05, 0) is 17.7 Å². The van der Waals surface area contributed by atoms with Crippen LogP contribution >= 0.6 is 27.5 Å². The first-order chi connectivity index (χ1) is 13.1. The number of benzene rings is 2. The van der Waals surface area contributed by atoms with Crippen LogP contribution in [0.2, 0.25) is 5.02 Å².